The summed E-state index contributed by atoms with van der Waals surface area (Å²) in [6.07, 6.45) is 1.27. The Bertz CT molecular complexity index is 595. The molecule has 1 heterocycles. The molecular weight excluding hydrogens is 256 g/mol. The molecule has 19 heavy (non-hydrogen) atoms. The van der Waals surface area contributed by atoms with Crippen LogP contribution in [0.2, 0.25) is 0 Å². The number of nitrogens with one attached hydrogen (secondary N) is 1. The quantitative estimate of drug-likeness (QED) is 0.873. The van der Waals surface area contributed by atoms with E-state index < -0.39 is 17.6 Å². The molecule has 0 unspecified atom stereocenters. The number of furan rings is 1. The lowest BCUT2D eigenvalue weighted by Crippen LogP contribution is -2.15. The van der Waals surface area contributed by atoms with Gasteiger partial charge in [-0.3, -0.25) is 0 Å². The molecule has 0 bridgehead atoms. The Morgan fingerprint density at radius 1 is 1.26 bits per heavy atom. The minimum absolute atomic E-state index is 0.0483. The number of carboxylic acids is 1. The average molecular weight is 267 g/mol. The van der Waals surface area contributed by atoms with Gasteiger partial charge in [0.15, 0.2) is 0 Å². The lowest BCUT2D eigenvalue weighted by atomic mass is 10.2. The third-order valence-corrected chi connectivity index (χ3v) is 2.58. The molecule has 0 fully saturated rings. The van der Waals surface area contributed by atoms with Crippen molar-refractivity contribution in [3.8, 4) is 0 Å². The van der Waals surface area contributed by atoms with E-state index in [4.69, 9.17) is 9.52 Å². The van der Waals surface area contributed by atoms with Crippen molar-refractivity contribution in [1.29, 1.82) is 0 Å². The Labute approximate surface area is 107 Å². The van der Waals surface area contributed by atoms with Gasteiger partial charge >= 0.3 is 5.97 Å². The van der Waals surface area contributed by atoms with Crippen molar-refractivity contribution < 1.29 is 23.1 Å². The summed E-state index contributed by atoms with van der Waals surface area (Å²) in [4.78, 5) is 10.8. The number of hydrogen-bond acceptors (Lipinski definition) is 3. The van der Waals surface area contributed by atoms with Crippen LogP contribution in [0.5, 0.6) is 0 Å². The zero-order valence-electron chi connectivity index (χ0n) is 9.82. The second kappa shape index (κ2) is 5.62. The Morgan fingerprint density at radius 2 is 2.05 bits per heavy atom. The van der Waals surface area contributed by atoms with Crippen LogP contribution in [0.1, 0.15) is 21.7 Å². The molecule has 0 saturated heterocycles. The molecule has 0 radical (unpaired) electrons. The highest BCUT2D eigenvalue weighted by Crippen LogP contribution is 2.12. The molecule has 0 aliphatic carbocycles. The highest BCUT2D eigenvalue weighted by molar-refractivity contribution is 5.88. The van der Waals surface area contributed by atoms with Crippen LogP contribution in [0, 0.1) is 11.6 Å². The summed E-state index contributed by atoms with van der Waals surface area (Å²) >= 11 is 0. The zero-order chi connectivity index (χ0) is 13.8. The smallest absolute Gasteiger partial charge is 0.339 e. The molecule has 1 aromatic heterocycles. The first-order valence-corrected chi connectivity index (χ1v) is 5.52. The topological polar surface area (TPSA) is 62.5 Å². The standard InChI is InChI=1S/C13H11F2NO3/c14-9-1-2-11(15)8(5-9)6-16-7-12-10(13(17)18)3-4-19-12/h1-5,16H,6-7H2,(H,17,18). The average Bonchev–Trinajstić information content (AvgIpc) is 2.82. The first-order chi connectivity index (χ1) is 9.08. The summed E-state index contributed by atoms with van der Waals surface area (Å²) in [5.74, 6) is -1.90. The first kappa shape index (κ1) is 13.2. The van der Waals surface area contributed by atoms with Crippen molar-refractivity contribution in [3.05, 3.63) is 59.1 Å². The van der Waals surface area contributed by atoms with E-state index in [0.29, 0.717) is 0 Å². The van der Waals surface area contributed by atoms with E-state index in [0.717, 1.165) is 18.2 Å². The fourth-order valence-corrected chi connectivity index (χ4v) is 1.66. The number of rotatable bonds is 5. The first-order valence-electron chi connectivity index (χ1n) is 5.52. The van der Waals surface area contributed by atoms with Crippen LogP contribution in [0.25, 0.3) is 0 Å². The molecule has 6 heteroatoms. The van der Waals surface area contributed by atoms with E-state index in [9.17, 15) is 13.6 Å². The highest BCUT2D eigenvalue weighted by Gasteiger charge is 2.13. The molecule has 2 N–H and O–H groups in total. The van der Waals surface area contributed by atoms with Crippen molar-refractivity contribution in [2.24, 2.45) is 0 Å². The Kier molecular flexibility index (Phi) is 3.91. The summed E-state index contributed by atoms with van der Waals surface area (Å²) in [5.41, 5.74) is 0.218. The molecular formula is C13H11F2NO3. The number of carbonyl (C=O) groups is 1. The largest absolute Gasteiger partial charge is 0.478 e. The van der Waals surface area contributed by atoms with Gasteiger partial charge < -0.3 is 14.8 Å². The summed E-state index contributed by atoms with van der Waals surface area (Å²) in [6.45, 7) is 0.188. The number of halogens is 2. The highest BCUT2D eigenvalue weighted by atomic mass is 19.1. The number of hydrogen-bond donors (Lipinski definition) is 2. The lowest BCUT2D eigenvalue weighted by Gasteiger charge is -2.05. The van der Waals surface area contributed by atoms with E-state index in [1.165, 1.54) is 12.3 Å². The summed E-state index contributed by atoms with van der Waals surface area (Å²) in [7, 11) is 0. The third-order valence-electron chi connectivity index (χ3n) is 2.58. The molecule has 0 amide bonds. The molecule has 4 nitrogen and oxygen atoms in total. The number of aromatic carboxylic acids is 1. The molecule has 0 spiro atoms. The van der Waals surface area contributed by atoms with Gasteiger partial charge in [0, 0.05) is 12.1 Å². The maximum atomic E-state index is 13.3. The van der Waals surface area contributed by atoms with Crippen molar-refractivity contribution in [1.82, 2.24) is 5.32 Å². The SMILES string of the molecule is O=C(O)c1ccoc1CNCc1cc(F)ccc1F. The van der Waals surface area contributed by atoms with Gasteiger partial charge in [-0.1, -0.05) is 0 Å². The van der Waals surface area contributed by atoms with Crippen molar-refractivity contribution >= 4 is 5.97 Å². The number of carboxylic acid groups (broad SMARTS) is 1. The van der Waals surface area contributed by atoms with E-state index in [1.807, 2.05) is 0 Å². The fraction of sp³-hybridized carbons (Fsp3) is 0.154. The van der Waals surface area contributed by atoms with Crippen LogP contribution in [0.4, 0.5) is 8.78 Å². The predicted octanol–water partition coefficient (Wildman–Crippen LogP) is 2.55. The van der Waals surface area contributed by atoms with Gasteiger partial charge in [-0.15, -0.1) is 0 Å². The van der Waals surface area contributed by atoms with Gasteiger partial charge in [0.1, 0.15) is 23.0 Å². The normalized spacial score (nSPS) is 10.6. The van der Waals surface area contributed by atoms with E-state index >= 15 is 0 Å². The van der Waals surface area contributed by atoms with E-state index in [1.54, 1.807) is 0 Å². The Balaban J connectivity index is 1.98. The fourth-order valence-electron chi connectivity index (χ4n) is 1.66. The van der Waals surface area contributed by atoms with E-state index in [-0.39, 0.29) is 30.0 Å². The molecule has 2 aromatic rings. The predicted molar refractivity (Wildman–Crippen MR) is 62.6 cm³/mol. The van der Waals surface area contributed by atoms with Gasteiger partial charge in [0.05, 0.1) is 12.8 Å². The lowest BCUT2D eigenvalue weighted by molar-refractivity contribution is 0.0694. The van der Waals surface area contributed by atoms with Crippen LogP contribution in [-0.2, 0) is 13.1 Å². The number of benzene rings is 1. The van der Waals surface area contributed by atoms with Crippen molar-refractivity contribution in [2.75, 3.05) is 0 Å². The summed E-state index contributed by atoms with van der Waals surface area (Å²) in [6, 6.07) is 4.50. The van der Waals surface area contributed by atoms with Gasteiger partial charge in [0.25, 0.3) is 0 Å². The van der Waals surface area contributed by atoms with Crippen molar-refractivity contribution in [2.45, 2.75) is 13.1 Å². The second-order valence-corrected chi connectivity index (χ2v) is 3.90. The Morgan fingerprint density at radius 3 is 2.79 bits per heavy atom. The van der Waals surface area contributed by atoms with Crippen LogP contribution in [-0.4, -0.2) is 11.1 Å². The van der Waals surface area contributed by atoms with Gasteiger partial charge in [-0.2, -0.15) is 0 Å². The molecule has 0 aliphatic rings. The van der Waals surface area contributed by atoms with Gasteiger partial charge in [-0.05, 0) is 24.3 Å². The molecule has 0 aliphatic heterocycles. The van der Waals surface area contributed by atoms with Crippen molar-refractivity contribution in [3.63, 3.8) is 0 Å². The third kappa shape index (κ3) is 3.17. The minimum Gasteiger partial charge on any atom is -0.478 e. The summed E-state index contributed by atoms with van der Waals surface area (Å²) in [5, 5.41) is 11.7. The maximum absolute atomic E-state index is 13.3. The molecule has 0 atom stereocenters. The van der Waals surface area contributed by atoms with Crippen LogP contribution < -0.4 is 5.32 Å². The Hall–Kier alpha value is -2.21. The molecule has 2 rings (SSSR count). The van der Waals surface area contributed by atoms with E-state index in [2.05, 4.69) is 5.32 Å². The van der Waals surface area contributed by atoms with Crippen LogP contribution >= 0.6 is 0 Å². The van der Waals surface area contributed by atoms with Gasteiger partial charge in [-0.25, -0.2) is 13.6 Å². The molecule has 0 saturated carbocycles. The molecule has 1 aromatic carbocycles. The van der Waals surface area contributed by atoms with Crippen LogP contribution in [0.15, 0.2) is 34.9 Å². The monoisotopic (exact) mass is 267 g/mol. The maximum Gasteiger partial charge on any atom is 0.339 e. The minimum atomic E-state index is -1.09. The van der Waals surface area contributed by atoms with Gasteiger partial charge in [0.2, 0.25) is 0 Å². The molecule has 100 valence electrons. The second-order valence-electron chi connectivity index (χ2n) is 3.90. The summed E-state index contributed by atoms with van der Waals surface area (Å²) < 4.78 is 31.3. The van der Waals surface area contributed by atoms with Crippen LogP contribution in [0.3, 0.4) is 0 Å². The zero-order valence-corrected chi connectivity index (χ0v) is 9.82.